The number of rotatable bonds is 0. The first kappa shape index (κ1) is 6.07. The van der Waals surface area contributed by atoms with E-state index in [-0.39, 0.29) is 0 Å². The summed E-state index contributed by atoms with van der Waals surface area (Å²) < 4.78 is 0. The predicted octanol–water partition coefficient (Wildman–Crippen LogP) is 2.73. The Balaban J connectivity index is 2.17. The van der Waals surface area contributed by atoms with E-state index < -0.39 is 0 Å². The summed E-state index contributed by atoms with van der Waals surface area (Å²) in [4.78, 5) is 0. The van der Waals surface area contributed by atoms with E-state index >= 15 is 0 Å². The molecule has 1 saturated carbocycles. The van der Waals surface area contributed by atoms with Gasteiger partial charge < -0.3 is 0 Å². The third-order valence-electron chi connectivity index (χ3n) is 2.94. The molecule has 0 nitrogen and oxygen atoms in total. The van der Waals surface area contributed by atoms with E-state index in [2.05, 4.69) is 30.4 Å². The largest absolute Gasteiger partial charge is 0.0885 e. The average Bonchev–Trinajstić information content (AvgIpc) is 2.65. The molecule has 1 fully saturated rings. The lowest BCUT2D eigenvalue weighted by atomic mass is 10.1. The van der Waals surface area contributed by atoms with Crippen LogP contribution in [0.1, 0.15) is 0 Å². The van der Waals surface area contributed by atoms with Crippen LogP contribution >= 0.6 is 11.6 Å². The van der Waals surface area contributed by atoms with Crippen LogP contribution in [-0.4, -0.2) is 0 Å². The number of halogens is 1. The van der Waals surface area contributed by atoms with Crippen molar-refractivity contribution in [3.63, 3.8) is 0 Å². The lowest BCUT2D eigenvalue weighted by Gasteiger charge is -2.01. The molecule has 11 heavy (non-hydrogen) atoms. The highest BCUT2D eigenvalue weighted by Gasteiger charge is 2.47. The lowest BCUT2D eigenvalue weighted by Crippen LogP contribution is -1.88. The molecule has 0 heterocycles. The zero-order chi connectivity index (χ0) is 7.42. The zero-order valence-corrected chi connectivity index (χ0v) is 6.83. The molecule has 0 aromatic heterocycles. The summed E-state index contributed by atoms with van der Waals surface area (Å²) in [6, 6.07) is 0. The lowest BCUT2D eigenvalue weighted by molar-refractivity contribution is 0.999. The molecule has 4 aliphatic rings. The summed E-state index contributed by atoms with van der Waals surface area (Å²) in [6.45, 7) is 0. The summed E-state index contributed by atoms with van der Waals surface area (Å²) in [6.07, 6.45) is 11.3. The normalized spacial score (nSPS) is 50.1. The second-order valence-corrected chi connectivity index (χ2v) is 4.02. The van der Waals surface area contributed by atoms with E-state index in [4.69, 9.17) is 11.6 Å². The summed E-state index contributed by atoms with van der Waals surface area (Å²) >= 11 is 6.09. The SMILES string of the molecule is ClC1=CC2C3C=CC1C=CC32. The van der Waals surface area contributed by atoms with Crippen molar-refractivity contribution in [2.24, 2.45) is 23.7 Å². The van der Waals surface area contributed by atoms with Gasteiger partial charge in [-0.3, -0.25) is 0 Å². The molecule has 4 aliphatic carbocycles. The fourth-order valence-electron chi connectivity index (χ4n) is 2.16. The Morgan fingerprint density at radius 1 is 0.909 bits per heavy atom. The van der Waals surface area contributed by atoms with Crippen LogP contribution in [0.5, 0.6) is 0 Å². The number of hydrogen-bond acceptors (Lipinski definition) is 0. The average molecular weight is 165 g/mol. The third-order valence-corrected chi connectivity index (χ3v) is 3.32. The maximum atomic E-state index is 6.09. The Labute approximate surface area is 71.2 Å². The van der Waals surface area contributed by atoms with E-state index in [1.165, 1.54) is 0 Å². The van der Waals surface area contributed by atoms with Crippen LogP contribution in [0.3, 0.4) is 0 Å². The fraction of sp³-hybridized carbons (Fsp3) is 0.400. The van der Waals surface area contributed by atoms with Crippen LogP contribution in [0.2, 0.25) is 0 Å². The molecule has 0 radical (unpaired) electrons. The minimum atomic E-state index is 0.386. The van der Waals surface area contributed by atoms with Gasteiger partial charge in [-0.2, -0.15) is 0 Å². The number of allylic oxidation sites excluding steroid dienone is 6. The van der Waals surface area contributed by atoms with Crippen LogP contribution in [0.15, 0.2) is 35.4 Å². The van der Waals surface area contributed by atoms with Crippen molar-refractivity contribution in [2.75, 3.05) is 0 Å². The standard InChI is InChI=1S/C10H9Cl/c11-10-5-9-7-3-1-6(10)2-4-8(7)9/h1-9H. The van der Waals surface area contributed by atoms with Crippen LogP contribution in [-0.2, 0) is 0 Å². The van der Waals surface area contributed by atoms with Crippen LogP contribution in [0.25, 0.3) is 0 Å². The summed E-state index contributed by atoms with van der Waals surface area (Å²) in [7, 11) is 0. The molecule has 56 valence electrons. The first-order valence-electron chi connectivity index (χ1n) is 4.10. The Morgan fingerprint density at radius 2 is 1.55 bits per heavy atom. The molecule has 4 bridgehead atoms. The molecule has 0 amide bonds. The monoisotopic (exact) mass is 164 g/mol. The van der Waals surface area contributed by atoms with Gasteiger partial charge in [0.15, 0.2) is 0 Å². The summed E-state index contributed by atoms with van der Waals surface area (Å²) in [5.74, 6) is 2.65. The van der Waals surface area contributed by atoms with Gasteiger partial charge in [0.2, 0.25) is 0 Å². The van der Waals surface area contributed by atoms with Gasteiger partial charge >= 0.3 is 0 Å². The first-order valence-corrected chi connectivity index (χ1v) is 4.48. The van der Waals surface area contributed by atoms with E-state index in [1.807, 2.05) is 0 Å². The van der Waals surface area contributed by atoms with Crippen molar-refractivity contribution in [3.8, 4) is 0 Å². The van der Waals surface area contributed by atoms with Crippen molar-refractivity contribution in [1.82, 2.24) is 0 Å². The van der Waals surface area contributed by atoms with Crippen LogP contribution < -0.4 is 0 Å². The van der Waals surface area contributed by atoms with Gasteiger partial charge in [0.05, 0.1) is 0 Å². The maximum absolute atomic E-state index is 6.09. The quantitative estimate of drug-likeness (QED) is 0.483. The minimum absolute atomic E-state index is 0.386. The van der Waals surface area contributed by atoms with Gasteiger partial charge in [-0.25, -0.2) is 0 Å². The fourth-order valence-corrected chi connectivity index (χ4v) is 2.45. The van der Waals surface area contributed by atoms with Crippen molar-refractivity contribution in [1.29, 1.82) is 0 Å². The van der Waals surface area contributed by atoms with Gasteiger partial charge in [0.1, 0.15) is 0 Å². The van der Waals surface area contributed by atoms with E-state index in [0.29, 0.717) is 5.92 Å². The minimum Gasteiger partial charge on any atom is -0.0885 e. The van der Waals surface area contributed by atoms with Crippen molar-refractivity contribution in [3.05, 3.63) is 35.4 Å². The molecule has 2 atom stereocenters. The Bertz CT molecular complexity index is 265. The van der Waals surface area contributed by atoms with E-state index in [1.54, 1.807) is 0 Å². The molecular weight excluding hydrogens is 156 g/mol. The molecule has 0 spiro atoms. The molecule has 0 N–H and O–H groups in total. The van der Waals surface area contributed by atoms with Gasteiger partial charge in [-0.05, 0) is 17.8 Å². The molecule has 1 heteroatoms. The molecule has 0 aliphatic heterocycles. The van der Waals surface area contributed by atoms with Crippen molar-refractivity contribution < 1.29 is 0 Å². The summed E-state index contributed by atoms with van der Waals surface area (Å²) in [5, 5.41) is 1.02. The molecule has 0 aromatic carbocycles. The highest BCUT2D eigenvalue weighted by Crippen LogP contribution is 2.54. The van der Waals surface area contributed by atoms with Gasteiger partial charge in [-0.1, -0.05) is 42.0 Å². The van der Waals surface area contributed by atoms with Crippen LogP contribution in [0.4, 0.5) is 0 Å². The summed E-state index contributed by atoms with van der Waals surface area (Å²) in [5.41, 5.74) is 0. The highest BCUT2D eigenvalue weighted by atomic mass is 35.5. The Kier molecular flexibility index (Phi) is 0.999. The van der Waals surface area contributed by atoms with E-state index in [0.717, 1.165) is 22.8 Å². The molecule has 0 saturated heterocycles. The topological polar surface area (TPSA) is 0 Å². The Hall–Kier alpha value is -0.490. The van der Waals surface area contributed by atoms with Crippen molar-refractivity contribution in [2.45, 2.75) is 0 Å². The smallest absolute Gasteiger partial charge is 0.0304 e. The van der Waals surface area contributed by atoms with Crippen LogP contribution in [0, 0.1) is 23.7 Å². The van der Waals surface area contributed by atoms with Crippen molar-refractivity contribution >= 4 is 11.6 Å². The second kappa shape index (κ2) is 1.81. The first-order chi connectivity index (χ1) is 5.36. The second-order valence-electron chi connectivity index (χ2n) is 3.58. The Morgan fingerprint density at radius 3 is 2.18 bits per heavy atom. The van der Waals surface area contributed by atoms with E-state index in [9.17, 15) is 0 Å². The zero-order valence-electron chi connectivity index (χ0n) is 6.07. The predicted molar refractivity (Wildman–Crippen MR) is 46.2 cm³/mol. The molecular formula is C10H9Cl. The highest BCUT2D eigenvalue weighted by molar-refractivity contribution is 6.30. The van der Waals surface area contributed by atoms with Gasteiger partial charge in [-0.15, -0.1) is 0 Å². The molecule has 4 rings (SSSR count). The molecule has 2 unspecified atom stereocenters. The van der Waals surface area contributed by atoms with Gasteiger partial charge in [0.25, 0.3) is 0 Å². The van der Waals surface area contributed by atoms with Gasteiger partial charge in [0, 0.05) is 11.0 Å². The maximum Gasteiger partial charge on any atom is 0.0304 e. The number of hydrogen-bond donors (Lipinski definition) is 0. The third kappa shape index (κ3) is 0.709. The molecule has 0 aromatic rings.